The molecular weight excluding hydrogens is 603 g/mol. The van der Waals surface area contributed by atoms with Gasteiger partial charge in [-0.25, -0.2) is 19.9 Å². The van der Waals surface area contributed by atoms with Gasteiger partial charge >= 0.3 is 6.18 Å². The molecule has 14 nitrogen and oxygen atoms in total. The van der Waals surface area contributed by atoms with E-state index < -0.39 is 11.7 Å². The van der Waals surface area contributed by atoms with Gasteiger partial charge in [-0.2, -0.15) is 23.4 Å². The minimum Gasteiger partial charge on any atom is -0.376 e. The molecule has 17 heteroatoms. The van der Waals surface area contributed by atoms with Gasteiger partial charge in [0, 0.05) is 37.4 Å². The number of carbonyl (C=O) groups is 1. The number of aromatic nitrogens is 8. The lowest BCUT2D eigenvalue weighted by atomic mass is 10.1. The molecule has 242 valence electrons. The zero-order valence-corrected chi connectivity index (χ0v) is 24.8. The summed E-state index contributed by atoms with van der Waals surface area (Å²) in [5.41, 5.74) is 0.911. The summed E-state index contributed by atoms with van der Waals surface area (Å²) < 4.78 is 38.5. The van der Waals surface area contributed by atoms with Gasteiger partial charge in [-0.15, -0.1) is 0 Å². The number of piperidine rings is 2. The van der Waals surface area contributed by atoms with E-state index in [1.165, 1.54) is 31.3 Å². The molecule has 1 aromatic carbocycles. The SMILES string of the molecule is O=C(CNc1cccc(C(F)(F)F)c1)N1CCC[C@H](Nc2ncnc3[nH]ncc23)C1.c1nc(N[C@H]2CCCNC2)c2cn[nH]c2n1. The van der Waals surface area contributed by atoms with Crippen molar-refractivity contribution in [2.24, 2.45) is 0 Å². The van der Waals surface area contributed by atoms with Crippen molar-refractivity contribution < 1.29 is 18.0 Å². The van der Waals surface area contributed by atoms with Gasteiger partial charge in [-0.05, 0) is 50.4 Å². The van der Waals surface area contributed by atoms with E-state index in [1.54, 1.807) is 23.6 Å². The van der Waals surface area contributed by atoms with Crippen LogP contribution in [0.25, 0.3) is 22.1 Å². The van der Waals surface area contributed by atoms with Crippen LogP contribution in [0.15, 0.2) is 49.3 Å². The molecule has 4 aromatic heterocycles. The van der Waals surface area contributed by atoms with Crippen LogP contribution in [0, 0.1) is 0 Å². The number of nitrogens with one attached hydrogen (secondary N) is 6. The highest BCUT2D eigenvalue weighted by Crippen LogP contribution is 2.30. The lowest BCUT2D eigenvalue weighted by molar-refractivity contribution is -0.137. The number of aromatic amines is 2. The van der Waals surface area contributed by atoms with Crippen LogP contribution in [0.1, 0.15) is 31.2 Å². The van der Waals surface area contributed by atoms with Crippen LogP contribution in [-0.2, 0) is 11.0 Å². The molecule has 0 spiro atoms. The Morgan fingerprint density at radius 1 is 0.913 bits per heavy atom. The lowest BCUT2D eigenvalue weighted by Gasteiger charge is -2.33. The number of carbonyl (C=O) groups excluding carboxylic acids is 1. The molecule has 0 radical (unpaired) electrons. The number of hydrogen-bond donors (Lipinski definition) is 6. The number of H-pyrrole nitrogens is 2. The molecule has 2 saturated heterocycles. The standard InChI is InChI=1S/C19H20F3N7O.C10H14N6/c20-19(21,22)12-3-1-4-13(7-12)23-9-16(30)29-6-2-5-14(10-29)27-17-15-8-26-28-18(15)25-11-24-17;1-2-7(4-11-3-1)15-9-8-5-14-16-10(8)13-6-12-9/h1,3-4,7-8,11,14,23H,2,5-6,9-10H2,(H2,24,25,26,27,28);5-7,11H,1-4H2,(H2,12,13,14,15,16)/t14-;7-/m00/s1. The second kappa shape index (κ2) is 13.9. The van der Waals surface area contributed by atoms with E-state index >= 15 is 0 Å². The third-order valence-electron chi connectivity index (χ3n) is 7.88. The third kappa shape index (κ3) is 7.59. The molecule has 0 aliphatic carbocycles. The molecule has 46 heavy (non-hydrogen) atoms. The van der Waals surface area contributed by atoms with Gasteiger partial charge in [0.2, 0.25) is 5.91 Å². The number of rotatable bonds is 7. The molecule has 2 aliphatic rings. The molecule has 0 unspecified atom stereocenters. The molecule has 2 atom stereocenters. The van der Waals surface area contributed by atoms with Crippen LogP contribution in [0.4, 0.5) is 30.5 Å². The van der Waals surface area contributed by atoms with Crippen molar-refractivity contribution in [2.45, 2.75) is 43.9 Å². The molecule has 7 rings (SSSR count). The fourth-order valence-corrected chi connectivity index (χ4v) is 5.54. The Balaban J connectivity index is 0.000000194. The Morgan fingerprint density at radius 3 is 2.24 bits per heavy atom. The van der Waals surface area contributed by atoms with Crippen molar-refractivity contribution in [3.05, 3.63) is 54.9 Å². The van der Waals surface area contributed by atoms with E-state index in [9.17, 15) is 18.0 Å². The number of halogens is 3. The average molecular weight is 638 g/mol. The zero-order chi connectivity index (χ0) is 31.9. The second-order valence-electron chi connectivity index (χ2n) is 11.2. The highest BCUT2D eigenvalue weighted by Gasteiger charge is 2.30. The largest absolute Gasteiger partial charge is 0.416 e. The normalized spacial score (nSPS) is 18.5. The Morgan fingerprint density at radius 2 is 1.59 bits per heavy atom. The summed E-state index contributed by atoms with van der Waals surface area (Å²) in [6, 6.07) is 5.27. The molecule has 0 saturated carbocycles. The first kappa shape index (κ1) is 30.9. The molecular formula is C29H34F3N13O. The van der Waals surface area contributed by atoms with Crippen LogP contribution >= 0.6 is 0 Å². The fourth-order valence-electron chi connectivity index (χ4n) is 5.54. The van der Waals surface area contributed by atoms with Crippen molar-refractivity contribution >= 4 is 45.3 Å². The van der Waals surface area contributed by atoms with E-state index in [-0.39, 0.29) is 24.2 Å². The molecule has 5 aromatic rings. The first-order valence-corrected chi connectivity index (χ1v) is 15.0. The Kier molecular flexibility index (Phi) is 9.37. The van der Waals surface area contributed by atoms with Gasteiger partial charge in [0.05, 0.1) is 35.3 Å². The van der Waals surface area contributed by atoms with Crippen molar-refractivity contribution in [2.75, 3.05) is 48.7 Å². The summed E-state index contributed by atoms with van der Waals surface area (Å²) in [5.74, 6) is 1.35. The number of likely N-dealkylation sites (tertiary alicyclic amines) is 1. The third-order valence-corrected chi connectivity index (χ3v) is 7.88. The smallest absolute Gasteiger partial charge is 0.376 e. The maximum atomic E-state index is 12.8. The van der Waals surface area contributed by atoms with E-state index in [4.69, 9.17) is 0 Å². The van der Waals surface area contributed by atoms with Crippen molar-refractivity contribution in [3.63, 3.8) is 0 Å². The van der Waals surface area contributed by atoms with E-state index in [1.807, 2.05) is 0 Å². The Labute approximate surface area is 261 Å². The van der Waals surface area contributed by atoms with Crippen LogP contribution in [0.5, 0.6) is 0 Å². The number of anilines is 3. The maximum absolute atomic E-state index is 12.8. The molecule has 6 N–H and O–H groups in total. The number of nitrogens with zero attached hydrogens (tertiary/aromatic N) is 7. The zero-order valence-electron chi connectivity index (χ0n) is 24.8. The van der Waals surface area contributed by atoms with Crippen molar-refractivity contribution in [1.29, 1.82) is 0 Å². The summed E-state index contributed by atoms with van der Waals surface area (Å²) >= 11 is 0. The molecule has 2 aliphatic heterocycles. The van der Waals surface area contributed by atoms with E-state index in [2.05, 4.69) is 61.6 Å². The number of amides is 1. The number of hydrogen-bond acceptors (Lipinski definition) is 11. The number of benzene rings is 1. The first-order valence-electron chi connectivity index (χ1n) is 15.0. The molecule has 0 bridgehead atoms. The van der Waals surface area contributed by atoms with Crippen LogP contribution in [-0.4, -0.2) is 95.9 Å². The Bertz CT molecular complexity index is 1750. The summed E-state index contributed by atoms with van der Waals surface area (Å²) in [6.45, 7) is 3.11. The van der Waals surface area contributed by atoms with E-state index in [0.717, 1.165) is 60.3 Å². The first-order chi connectivity index (χ1) is 22.3. The van der Waals surface area contributed by atoms with Gasteiger partial charge in [-0.3, -0.25) is 15.0 Å². The predicted octanol–water partition coefficient (Wildman–Crippen LogP) is 3.40. The van der Waals surface area contributed by atoms with Crippen LogP contribution in [0.2, 0.25) is 0 Å². The summed E-state index contributed by atoms with van der Waals surface area (Å²) in [5, 5.41) is 28.2. The summed E-state index contributed by atoms with van der Waals surface area (Å²) in [7, 11) is 0. The molecule has 6 heterocycles. The fraction of sp³-hybridized carbons (Fsp3) is 0.414. The van der Waals surface area contributed by atoms with Gasteiger partial charge in [0.1, 0.15) is 24.3 Å². The van der Waals surface area contributed by atoms with Crippen molar-refractivity contribution in [1.82, 2.24) is 50.5 Å². The topological polar surface area (TPSA) is 177 Å². The van der Waals surface area contributed by atoms with Gasteiger partial charge in [-0.1, -0.05) is 6.07 Å². The number of fused-ring (bicyclic) bond motifs is 2. The average Bonchev–Trinajstić information content (AvgIpc) is 3.76. The lowest BCUT2D eigenvalue weighted by Crippen LogP contribution is -2.47. The minimum absolute atomic E-state index is 0.00394. The van der Waals surface area contributed by atoms with Crippen molar-refractivity contribution in [3.8, 4) is 0 Å². The predicted molar refractivity (Wildman–Crippen MR) is 166 cm³/mol. The second-order valence-corrected chi connectivity index (χ2v) is 11.2. The quantitative estimate of drug-likeness (QED) is 0.154. The molecule has 2 fully saturated rings. The molecule has 1 amide bonds. The maximum Gasteiger partial charge on any atom is 0.416 e. The number of alkyl halides is 3. The Hall–Kier alpha value is -5.06. The van der Waals surface area contributed by atoms with Crippen LogP contribution < -0.4 is 21.3 Å². The van der Waals surface area contributed by atoms with Crippen LogP contribution in [0.3, 0.4) is 0 Å². The minimum atomic E-state index is -4.42. The summed E-state index contributed by atoms with van der Waals surface area (Å²) in [6.07, 6.45) is 6.03. The van der Waals surface area contributed by atoms with Gasteiger partial charge < -0.3 is 26.2 Å². The van der Waals surface area contributed by atoms with Gasteiger partial charge in [0.25, 0.3) is 0 Å². The van der Waals surface area contributed by atoms with Gasteiger partial charge in [0.15, 0.2) is 11.3 Å². The monoisotopic (exact) mass is 637 g/mol. The summed E-state index contributed by atoms with van der Waals surface area (Å²) in [4.78, 5) is 31.0. The van der Waals surface area contributed by atoms with E-state index in [0.29, 0.717) is 30.6 Å². The highest BCUT2D eigenvalue weighted by atomic mass is 19.4. The highest BCUT2D eigenvalue weighted by molar-refractivity contribution is 5.86.